The van der Waals surface area contributed by atoms with Gasteiger partial charge in [0.15, 0.2) is 0 Å². The first-order valence-corrected chi connectivity index (χ1v) is 6.89. The van der Waals surface area contributed by atoms with E-state index in [1.54, 1.807) is 12.3 Å². The van der Waals surface area contributed by atoms with E-state index in [4.69, 9.17) is 20.6 Å². The Bertz CT molecular complexity index is 385. The van der Waals surface area contributed by atoms with E-state index in [1.165, 1.54) is 0 Å². The van der Waals surface area contributed by atoms with Crippen LogP contribution in [0.5, 0.6) is 0 Å². The number of nitrogen functional groups attached to an aromatic ring is 1. The maximum absolute atomic E-state index is 7.37. The fourth-order valence-corrected chi connectivity index (χ4v) is 1.71. The van der Waals surface area contributed by atoms with E-state index in [9.17, 15) is 0 Å². The summed E-state index contributed by atoms with van der Waals surface area (Å²) in [5, 5.41) is 7.37. The number of nitrogens with one attached hydrogen (secondary N) is 1. The number of pyridine rings is 1. The Kier molecular flexibility index (Phi) is 7.60. The van der Waals surface area contributed by atoms with Crippen LogP contribution >= 0.6 is 0 Å². The molecule has 0 aliphatic rings. The molecule has 0 saturated carbocycles. The van der Waals surface area contributed by atoms with Gasteiger partial charge in [-0.3, -0.25) is 5.41 Å². The first-order valence-electron chi connectivity index (χ1n) is 6.89. The zero-order valence-electron chi connectivity index (χ0n) is 12.3. The standard InChI is InChI=1S/C14H24N4O2/c1-3-19-9-7-18(8-10-20-4-2)13-6-5-12(11-17-13)14(15)16/h5-6,11H,3-4,7-10H2,1-2H3,(H3,15,16). The lowest BCUT2D eigenvalue weighted by Gasteiger charge is -2.23. The molecule has 20 heavy (non-hydrogen) atoms. The van der Waals surface area contributed by atoms with Crippen LogP contribution in [-0.4, -0.2) is 50.3 Å². The quantitative estimate of drug-likeness (QED) is 0.383. The second-order valence-electron chi connectivity index (χ2n) is 4.20. The molecule has 0 radical (unpaired) electrons. The molecule has 0 atom stereocenters. The highest BCUT2D eigenvalue weighted by atomic mass is 16.5. The molecule has 1 aromatic heterocycles. The van der Waals surface area contributed by atoms with Crippen molar-refractivity contribution in [3.63, 3.8) is 0 Å². The van der Waals surface area contributed by atoms with E-state index >= 15 is 0 Å². The fourth-order valence-electron chi connectivity index (χ4n) is 1.71. The molecule has 0 amide bonds. The largest absolute Gasteiger partial charge is 0.384 e. The summed E-state index contributed by atoms with van der Waals surface area (Å²) in [6.45, 7) is 8.18. The van der Waals surface area contributed by atoms with E-state index < -0.39 is 0 Å². The highest BCUT2D eigenvalue weighted by molar-refractivity contribution is 5.94. The molecule has 0 unspecified atom stereocenters. The average Bonchev–Trinajstić information content (AvgIpc) is 2.46. The lowest BCUT2D eigenvalue weighted by atomic mass is 10.2. The van der Waals surface area contributed by atoms with E-state index in [0.717, 1.165) is 18.9 Å². The molecule has 0 bridgehead atoms. The monoisotopic (exact) mass is 280 g/mol. The summed E-state index contributed by atoms with van der Waals surface area (Å²) in [4.78, 5) is 6.46. The Labute approximate surface area is 120 Å². The van der Waals surface area contributed by atoms with Crippen LogP contribution in [0.3, 0.4) is 0 Å². The van der Waals surface area contributed by atoms with Gasteiger partial charge in [-0.15, -0.1) is 0 Å². The second kappa shape index (κ2) is 9.28. The molecule has 6 nitrogen and oxygen atoms in total. The zero-order chi connectivity index (χ0) is 14.8. The number of aromatic nitrogens is 1. The lowest BCUT2D eigenvalue weighted by molar-refractivity contribution is 0.141. The maximum atomic E-state index is 7.37. The van der Waals surface area contributed by atoms with Gasteiger partial charge in [0.25, 0.3) is 0 Å². The third-order valence-electron chi connectivity index (χ3n) is 2.80. The van der Waals surface area contributed by atoms with Gasteiger partial charge in [-0.2, -0.15) is 0 Å². The minimum atomic E-state index is 0.0271. The molecule has 0 aliphatic heterocycles. The summed E-state index contributed by atoms with van der Waals surface area (Å²) < 4.78 is 10.8. The van der Waals surface area contributed by atoms with Crippen LogP contribution in [0, 0.1) is 5.41 Å². The Morgan fingerprint density at radius 1 is 1.20 bits per heavy atom. The molecule has 0 spiro atoms. The van der Waals surface area contributed by atoms with Crippen molar-refractivity contribution < 1.29 is 9.47 Å². The first kappa shape index (κ1) is 16.4. The molecule has 112 valence electrons. The fraction of sp³-hybridized carbons (Fsp3) is 0.571. The van der Waals surface area contributed by atoms with Crippen molar-refractivity contribution >= 4 is 11.7 Å². The van der Waals surface area contributed by atoms with E-state index in [0.29, 0.717) is 32.0 Å². The van der Waals surface area contributed by atoms with Crippen LogP contribution in [0.25, 0.3) is 0 Å². The number of anilines is 1. The van der Waals surface area contributed by atoms with Crippen molar-refractivity contribution in [1.82, 2.24) is 4.98 Å². The molecule has 1 rings (SSSR count). The summed E-state index contributed by atoms with van der Waals surface area (Å²) in [7, 11) is 0. The second-order valence-corrected chi connectivity index (χ2v) is 4.20. The van der Waals surface area contributed by atoms with Crippen LogP contribution in [0.4, 0.5) is 5.82 Å². The molecule has 3 N–H and O–H groups in total. The van der Waals surface area contributed by atoms with E-state index in [2.05, 4.69) is 9.88 Å². The summed E-state index contributed by atoms with van der Waals surface area (Å²) in [5.74, 6) is 0.869. The SMILES string of the molecule is CCOCCN(CCOCC)c1ccc(C(=N)N)cn1. The van der Waals surface area contributed by atoms with Gasteiger partial charge in [0.2, 0.25) is 0 Å². The molecule has 6 heteroatoms. The minimum Gasteiger partial charge on any atom is -0.384 e. The highest BCUT2D eigenvalue weighted by Crippen LogP contribution is 2.11. The molecular formula is C14H24N4O2. The van der Waals surface area contributed by atoms with Gasteiger partial charge in [0, 0.05) is 38.1 Å². The third kappa shape index (κ3) is 5.54. The highest BCUT2D eigenvalue weighted by Gasteiger charge is 2.08. The predicted molar refractivity (Wildman–Crippen MR) is 80.5 cm³/mol. The van der Waals surface area contributed by atoms with Gasteiger partial charge in [0.05, 0.1) is 13.2 Å². The number of nitrogens with zero attached hydrogens (tertiary/aromatic N) is 2. The minimum absolute atomic E-state index is 0.0271. The summed E-state index contributed by atoms with van der Waals surface area (Å²) in [6.07, 6.45) is 1.62. The first-order chi connectivity index (χ1) is 9.69. The number of rotatable bonds is 10. The van der Waals surface area contributed by atoms with Crippen molar-refractivity contribution in [2.75, 3.05) is 44.4 Å². The van der Waals surface area contributed by atoms with Gasteiger partial charge in [0.1, 0.15) is 11.7 Å². The number of hydrogen-bond donors (Lipinski definition) is 2. The van der Waals surface area contributed by atoms with Gasteiger partial charge in [-0.25, -0.2) is 4.98 Å². The normalized spacial score (nSPS) is 10.5. The Balaban J connectivity index is 2.66. The number of nitrogens with two attached hydrogens (primary N) is 1. The van der Waals surface area contributed by atoms with Crippen LogP contribution in [-0.2, 0) is 9.47 Å². The topological polar surface area (TPSA) is 84.5 Å². The molecule has 1 aromatic rings. The summed E-state index contributed by atoms with van der Waals surface area (Å²) in [6, 6.07) is 3.67. The van der Waals surface area contributed by atoms with Crippen LogP contribution in [0.1, 0.15) is 19.4 Å². The van der Waals surface area contributed by atoms with E-state index in [1.807, 2.05) is 19.9 Å². The molecule has 0 aliphatic carbocycles. The molecular weight excluding hydrogens is 256 g/mol. The van der Waals surface area contributed by atoms with Gasteiger partial charge in [-0.1, -0.05) is 0 Å². The van der Waals surface area contributed by atoms with E-state index in [-0.39, 0.29) is 5.84 Å². The Morgan fingerprint density at radius 2 is 1.80 bits per heavy atom. The van der Waals surface area contributed by atoms with Crippen LogP contribution in [0.15, 0.2) is 18.3 Å². The van der Waals surface area contributed by atoms with Crippen molar-refractivity contribution in [2.45, 2.75) is 13.8 Å². The number of ether oxygens (including phenoxy) is 2. The average molecular weight is 280 g/mol. The zero-order valence-corrected chi connectivity index (χ0v) is 12.3. The van der Waals surface area contributed by atoms with Crippen LogP contribution < -0.4 is 10.6 Å². The van der Waals surface area contributed by atoms with Gasteiger partial charge >= 0.3 is 0 Å². The van der Waals surface area contributed by atoms with Crippen molar-refractivity contribution in [1.29, 1.82) is 5.41 Å². The maximum Gasteiger partial charge on any atom is 0.128 e. The lowest BCUT2D eigenvalue weighted by Crippen LogP contribution is -2.32. The van der Waals surface area contributed by atoms with Gasteiger partial charge in [-0.05, 0) is 26.0 Å². The molecule has 1 heterocycles. The molecule has 0 fully saturated rings. The van der Waals surface area contributed by atoms with Crippen molar-refractivity contribution in [3.8, 4) is 0 Å². The predicted octanol–water partition coefficient (Wildman–Crippen LogP) is 1.25. The number of amidine groups is 1. The molecule has 0 saturated heterocycles. The summed E-state index contributed by atoms with van der Waals surface area (Å²) >= 11 is 0. The smallest absolute Gasteiger partial charge is 0.128 e. The van der Waals surface area contributed by atoms with Gasteiger partial charge < -0.3 is 20.1 Å². The third-order valence-corrected chi connectivity index (χ3v) is 2.80. The number of hydrogen-bond acceptors (Lipinski definition) is 5. The van der Waals surface area contributed by atoms with Crippen molar-refractivity contribution in [3.05, 3.63) is 23.9 Å². The van der Waals surface area contributed by atoms with Crippen molar-refractivity contribution in [2.24, 2.45) is 5.73 Å². The molecule has 0 aromatic carbocycles. The Hall–Kier alpha value is -1.66. The van der Waals surface area contributed by atoms with Crippen LogP contribution in [0.2, 0.25) is 0 Å². The Morgan fingerprint density at radius 3 is 2.20 bits per heavy atom. The summed E-state index contributed by atoms with van der Waals surface area (Å²) in [5.41, 5.74) is 6.05.